The highest BCUT2D eigenvalue weighted by Crippen LogP contribution is 2.42. The highest BCUT2D eigenvalue weighted by Gasteiger charge is 2.58. The number of hydrogen-bond acceptors (Lipinski definition) is 4. The van der Waals surface area contributed by atoms with E-state index in [0.717, 1.165) is 6.07 Å². The van der Waals surface area contributed by atoms with Crippen LogP contribution in [0.4, 0.5) is 8.78 Å². The highest BCUT2D eigenvalue weighted by molar-refractivity contribution is 5.77. The minimum absolute atomic E-state index is 0.0923. The fourth-order valence-corrected chi connectivity index (χ4v) is 1.58. The maximum absolute atomic E-state index is 13.6. The zero-order valence-electron chi connectivity index (χ0n) is 10.6. The van der Waals surface area contributed by atoms with Crippen molar-refractivity contribution in [3.63, 3.8) is 0 Å². The van der Waals surface area contributed by atoms with Crippen molar-refractivity contribution in [1.82, 2.24) is 0 Å². The first kappa shape index (κ1) is 15.2. The predicted molar refractivity (Wildman–Crippen MR) is 61.7 cm³/mol. The molecule has 0 saturated heterocycles. The normalized spacial score (nSPS) is 14.6. The molecule has 0 heterocycles. The number of hydrogen-bond donors (Lipinski definition) is 2. The monoisotopic (exact) mass is 276 g/mol. The van der Waals surface area contributed by atoms with E-state index in [-0.39, 0.29) is 11.3 Å². The van der Waals surface area contributed by atoms with Gasteiger partial charge < -0.3 is 19.7 Å². The maximum Gasteiger partial charge on any atom is 0.378 e. The van der Waals surface area contributed by atoms with Gasteiger partial charge in [0.05, 0.1) is 14.2 Å². The number of aliphatic hydroxyl groups is 1. The molecule has 0 bridgehead atoms. The molecule has 1 unspecified atom stereocenters. The fraction of sp³-hybridized carbons (Fsp3) is 0.417. The number of alkyl halides is 2. The Morgan fingerprint density at radius 1 is 1.26 bits per heavy atom. The van der Waals surface area contributed by atoms with Crippen molar-refractivity contribution in [2.45, 2.75) is 18.4 Å². The third-order valence-electron chi connectivity index (χ3n) is 2.81. The highest BCUT2D eigenvalue weighted by atomic mass is 19.3. The molecule has 1 aromatic rings. The Kier molecular flexibility index (Phi) is 4.00. The summed E-state index contributed by atoms with van der Waals surface area (Å²) >= 11 is 0. The van der Waals surface area contributed by atoms with E-state index in [9.17, 15) is 18.7 Å². The molecule has 2 N–H and O–H groups in total. The second-order valence-corrected chi connectivity index (χ2v) is 4.02. The van der Waals surface area contributed by atoms with Gasteiger partial charge in [-0.1, -0.05) is 0 Å². The Morgan fingerprint density at radius 3 is 2.26 bits per heavy atom. The zero-order chi connectivity index (χ0) is 14.8. The van der Waals surface area contributed by atoms with Gasteiger partial charge in [-0.3, -0.25) is 0 Å². The summed E-state index contributed by atoms with van der Waals surface area (Å²) in [5.41, 5.74) is -3.26. The summed E-state index contributed by atoms with van der Waals surface area (Å²) in [6.45, 7) is 0.714. The lowest BCUT2D eigenvalue weighted by atomic mass is 9.88. The quantitative estimate of drug-likeness (QED) is 0.854. The molecule has 106 valence electrons. The summed E-state index contributed by atoms with van der Waals surface area (Å²) in [6, 6.07) is 3.74. The molecule has 7 heteroatoms. The van der Waals surface area contributed by atoms with Crippen molar-refractivity contribution in [3.05, 3.63) is 23.8 Å². The van der Waals surface area contributed by atoms with Crippen molar-refractivity contribution < 1.29 is 33.3 Å². The molecule has 19 heavy (non-hydrogen) atoms. The standard InChI is InChI=1S/C12H14F2O5/c1-11(17,12(13,14)10(15)16)8-5-4-7(18-2)6-9(8)19-3/h4-6,17H,1-3H3,(H,15,16). The molecular formula is C12H14F2O5. The predicted octanol–water partition coefficient (Wildman–Crippen LogP) is 1.63. The lowest BCUT2D eigenvalue weighted by Gasteiger charge is -2.31. The molecule has 5 nitrogen and oxygen atoms in total. The zero-order valence-corrected chi connectivity index (χ0v) is 10.6. The van der Waals surface area contributed by atoms with Crippen LogP contribution in [-0.2, 0) is 10.4 Å². The molecule has 0 aliphatic rings. The number of halogens is 2. The van der Waals surface area contributed by atoms with Crippen molar-refractivity contribution in [1.29, 1.82) is 0 Å². The smallest absolute Gasteiger partial charge is 0.378 e. The number of carbonyl (C=O) groups is 1. The van der Waals surface area contributed by atoms with E-state index < -0.39 is 17.5 Å². The average molecular weight is 276 g/mol. The van der Waals surface area contributed by atoms with E-state index in [1.165, 1.54) is 26.4 Å². The number of ether oxygens (including phenoxy) is 2. The lowest BCUT2D eigenvalue weighted by Crippen LogP contribution is -2.49. The van der Waals surface area contributed by atoms with Crippen LogP contribution in [0.1, 0.15) is 12.5 Å². The van der Waals surface area contributed by atoms with Crippen LogP contribution in [0.3, 0.4) is 0 Å². The van der Waals surface area contributed by atoms with Gasteiger partial charge in [0.2, 0.25) is 0 Å². The molecule has 1 atom stereocenters. The van der Waals surface area contributed by atoms with Gasteiger partial charge >= 0.3 is 11.9 Å². The van der Waals surface area contributed by atoms with Crippen molar-refractivity contribution in [3.8, 4) is 11.5 Å². The summed E-state index contributed by atoms with van der Waals surface area (Å²) in [6.07, 6.45) is 0. The van der Waals surface area contributed by atoms with Gasteiger partial charge in [-0.25, -0.2) is 4.79 Å². The Morgan fingerprint density at radius 2 is 1.84 bits per heavy atom. The van der Waals surface area contributed by atoms with E-state index in [1.54, 1.807) is 0 Å². The van der Waals surface area contributed by atoms with E-state index in [1.807, 2.05) is 0 Å². The van der Waals surface area contributed by atoms with E-state index in [2.05, 4.69) is 0 Å². The number of methoxy groups -OCH3 is 2. The van der Waals surface area contributed by atoms with Gasteiger partial charge in [0.15, 0.2) is 5.60 Å². The fourth-order valence-electron chi connectivity index (χ4n) is 1.58. The molecule has 0 amide bonds. The Labute approximate surface area is 108 Å². The van der Waals surface area contributed by atoms with Crippen molar-refractivity contribution in [2.24, 2.45) is 0 Å². The summed E-state index contributed by atoms with van der Waals surface area (Å²) in [7, 11) is 2.59. The third kappa shape index (κ3) is 2.46. The molecule has 0 saturated carbocycles. The van der Waals surface area contributed by atoms with Gasteiger partial charge in [0.1, 0.15) is 11.5 Å². The number of carboxylic acids is 1. The number of rotatable bonds is 5. The largest absolute Gasteiger partial charge is 0.497 e. The Hall–Kier alpha value is -1.89. The third-order valence-corrected chi connectivity index (χ3v) is 2.81. The van der Waals surface area contributed by atoms with Gasteiger partial charge in [-0.05, 0) is 19.1 Å². The van der Waals surface area contributed by atoms with E-state index in [0.29, 0.717) is 12.7 Å². The molecule has 1 aromatic carbocycles. The number of aliphatic carboxylic acids is 1. The van der Waals surface area contributed by atoms with Gasteiger partial charge in [-0.15, -0.1) is 0 Å². The van der Waals surface area contributed by atoms with Crippen LogP contribution >= 0.6 is 0 Å². The van der Waals surface area contributed by atoms with Crippen LogP contribution in [0.25, 0.3) is 0 Å². The van der Waals surface area contributed by atoms with E-state index in [4.69, 9.17) is 14.6 Å². The first-order valence-electron chi connectivity index (χ1n) is 5.24. The summed E-state index contributed by atoms with van der Waals surface area (Å²) in [4.78, 5) is 10.6. The number of carboxylic acid groups (broad SMARTS) is 1. The number of benzene rings is 1. The first-order valence-corrected chi connectivity index (χ1v) is 5.24. The van der Waals surface area contributed by atoms with Crippen LogP contribution in [0.5, 0.6) is 11.5 Å². The molecule has 0 radical (unpaired) electrons. The minimum Gasteiger partial charge on any atom is -0.497 e. The van der Waals surface area contributed by atoms with Crippen molar-refractivity contribution in [2.75, 3.05) is 14.2 Å². The summed E-state index contributed by atoms with van der Waals surface area (Å²) in [5.74, 6) is -6.55. The van der Waals surface area contributed by atoms with Crippen LogP contribution < -0.4 is 9.47 Å². The molecule has 0 aromatic heterocycles. The molecule has 1 rings (SSSR count). The maximum atomic E-state index is 13.6. The van der Waals surface area contributed by atoms with Crippen LogP contribution in [0.2, 0.25) is 0 Å². The first-order chi connectivity index (χ1) is 8.68. The Balaban J connectivity index is 3.40. The molecular weight excluding hydrogens is 262 g/mol. The Bertz CT molecular complexity index is 485. The van der Waals surface area contributed by atoms with Crippen LogP contribution in [0.15, 0.2) is 18.2 Å². The molecule has 0 aliphatic carbocycles. The summed E-state index contributed by atoms with van der Waals surface area (Å²) < 4.78 is 36.9. The second-order valence-electron chi connectivity index (χ2n) is 4.02. The van der Waals surface area contributed by atoms with Crippen LogP contribution in [-0.4, -0.2) is 36.3 Å². The molecule has 0 spiro atoms. The van der Waals surface area contributed by atoms with E-state index >= 15 is 0 Å². The van der Waals surface area contributed by atoms with Gasteiger partial charge in [0, 0.05) is 11.6 Å². The average Bonchev–Trinajstić information content (AvgIpc) is 2.37. The van der Waals surface area contributed by atoms with Crippen molar-refractivity contribution >= 4 is 5.97 Å². The van der Waals surface area contributed by atoms with Gasteiger partial charge in [-0.2, -0.15) is 8.78 Å². The SMILES string of the molecule is COc1ccc(C(C)(O)C(F)(F)C(=O)O)c(OC)c1. The second kappa shape index (κ2) is 5.00. The molecule has 0 fully saturated rings. The summed E-state index contributed by atoms with van der Waals surface area (Å²) in [5, 5.41) is 18.4. The minimum atomic E-state index is -4.37. The molecule has 0 aliphatic heterocycles. The lowest BCUT2D eigenvalue weighted by molar-refractivity contribution is -0.207. The van der Waals surface area contributed by atoms with Crippen LogP contribution in [0, 0.1) is 0 Å². The van der Waals surface area contributed by atoms with Gasteiger partial charge in [0.25, 0.3) is 0 Å². The topological polar surface area (TPSA) is 76.0 Å².